The Bertz CT molecular complexity index is 892. The summed E-state index contributed by atoms with van der Waals surface area (Å²) >= 11 is 0. The summed E-state index contributed by atoms with van der Waals surface area (Å²) in [4.78, 5) is 25.0. The molecular formula is C23H34N4O3. The van der Waals surface area contributed by atoms with Gasteiger partial charge in [-0.3, -0.25) is 4.79 Å². The first-order valence-corrected chi connectivity index (χ1v) is 10.9. The number of aromatic nitrogens is 3. The molecule has 0 saturated carbocycles. The van der Waals surface area contributed by atoms with Crippen molar-refractivity contribution in [2.75, 3.05) is 20.2 Å². The maximum Gasteiger partial charge on any atom is 0.350 e. The van der Waals surface area contributed by atoms with Crippen molar-refractivity contribution in [1.82, 2.24) is 19.7 Å². The molecule has 1 aromatic carbocycles. The Labute approximate surface area is 178 Å². The second-order valence-electron chi connectivity index (χ2n) is 8.61. The van der Waals surface area contributed by atoms with E-state index < -0.39 is 0 Å². The smallest absolute Gasteiger partial charge is 0.350 e. The number of carbonyl (C=O) groups excluding carboxylic acids is 1. The summed E-state index contributed by atoms with van der Waals surface area (Å²) in [7, 11) is 1.43. The van der Waals surface area contributed by atoms with Crippen molar-refractivity contribution in [2.45, 2.75) is 53.0 Å². The number of ether oxygens (including phenoxy) is 1. The van der Waals surface area contributed by atoms with Gasteiger partial charge in [0.15, 0.2) is 0 Å². The summed E-state index contributed by atoms with van der Waals surface area (Å²) in [5.41, 5.74) is 1.75. The Morgan fingerprint density at radius 1 is 1.23 bits per heavy atom. The third-order valence-corrected chi connectivity index (χ3v) is 6.17. The van der Waals surface area contributed by atoms with E-state index in [-0.39, 0.29) is 23.5 Å². The van der Waals surface area contributed by atoms with Gasteiger partial charge in [-0.2, -0.15) is 5.10 Å². The minimum Gasteiger partial charge on any atom is -0.469 e. The number of piperidine rings is 1. The third-order valence-electron chi connectivity index (χ3n) is 6.17. The number of carbonyl (C=O) groups is 1. The van der Waals surface area contributed by atoms with Crippen molar-refractivity contribution in [1.29, 1.82) is 0 Å². The molecule has 1 saturated heterocycles. The number of nitrogens with one attached hydrogen (secondary N) is 1. The molecule has 1 fully saturated rings. The summed E-state index contributed by atoms with van der Waals surface area (Å²) in [5, 5.41) is 7.87. The summed E-state index contributed by atoms with van der Waals surface area (Å²) in [6, 6.07) is 7.81. The molecule has 3 rings (SSSR count). The van der Waals surface area contributed by atoms with Crippen LogP contribution < -0.4 is 11.0 Å². The number of benzene rings is 1. The summed E-state index contributed by atoms with van der Waals surface area (Å²) in [5.74, 6) is 1.18. The van der Waals surface area contributed by atoms with E-state index in [1.807, 2.05) is 45.0 Å². The van der Waals surface area contributed by atoms with E-state index in [0.717, 1.165) is 30.8 Å². The Hall–Kier alpha value is -2.41. The van der Waals surface area contributed by atoms with E-state index in [0.29, 0.717) is 24.7 Å². The van der Waals surface area contributed by atoms with Gasteiger partial charge in [-0.05, 0) is 75.2 Å². The van der Waals surface area contributed by atoms with Crippen molar-refractivity contribution in [3.63, 3.8) is 0 Å². The Kier molecular flexibility index (Phi) is 7.48. The number of rotatable bonds is 8. The van der Waals surface area contributed by atoms with Gasteiger partial charge in [0.25, 0.3) is 0 Å². The van der Waals surface area contributed by atoms with Crippen molar-refractivity contribution in [3.8, 4) is 5.69 Å². The lowest BCUT2D eigenvalue weighted by Gasteiger charge is -2.22. The first-order valence-electron chi connectivity index (χ1n) is 10.9. The van der Waals surface area contributed by atoms with E-state index >= 15 is 0 Å². The van der Waals surface area contributed by atoms with Gasteiger partial charge in [0, 0.05) is 6.54 Å². The zero-order valence-electron chi connectivity index (χ0n) is 18.6. The average molecular weight is 415 g/mol. The van der Waals surface area contributed by atoms with Crippen LogP contribution in [0.1, 0.15) is 44.5 Å². The van der Waals surface area contributed by atoms with Crippen LogP contribution in [-0.2, 0) is 22.5 Å². The molecule has 0 radical (unpaired) electrons. The molecule has 0 aliphatic carbocycles. The minimum atomic E-state index is -0.184. The van der Waals surface area contributed by atoms with Crippen molar-refractivity contribution in [2.24, 2.45) is 17.8 Å². The number of nitrogens with zero attached hydrogens (tertiary/aromatic N) is 3. The van der Waals surface area contributed by atoms with Crippen LogP contribution in [0, 0.1) is 24.7 Å². The Morgan fingerprint density at radius 3 is 2.50 bits per heavy atom. The van der Waals surface area contributed by atoms with Crippen molar-refractivity contribution < 1.29 is 9.53 Å². The van der Waals surface area contributed by atoms with Crippen LogP contribution in [0.2, 0.25) is 0 Å². The van der Waals surface area contributed by atoms with Crippen LogP contribution >= 0.6 is 0 Å². The van der Waals surface area contributed by atoms with Gasteiger partial charge in [-0.15, -0.1) is 0 Å². The van der Waals surface area contributed by atoms with Crippen LogP contribution in [-0.4, -0.2) is 40.5 Å². The summed E-state index contributed by atoms with van der Waals surface area (Å²) in [6.45, 7) is 8.70. The van der Waals surface area contributed by atoms with Crippen LogP contribution in [0.25, 0.3) is 5.69 Å². The summed E-state index contributed by atoms with van der Waals surface area (Å²) in [6.07, 6.45) is 3.94. The van der Waals surface area contributed by atoms with E-state index in [2.05, 4.69) is 10.4 Å². The number of esters is 1. The number of hydrogen-bond acceptors (Lipinski definition) is 5. The zero-order valence-corrected chi connectivity index (χ0v) is 18.6. The molecule has 30 heavy (non-hydrogen) atoms. The van der Waals surface area contributed by atoms with Gasteiger partial charge in [0.05, 0.1) is 18.7 Å². The van der Waals surface area contributed by atoms with Gasteiger partial charge >= 0.3 is 11.7 Å². The van der Waals surface area contributed by atoms with Crippen LogP contribution in [0.5, 0.6) is 0 Å². The summed E-state index contributed by atoms with van der Waals surface area (Å²) < 4.78 is 8.19. The molecule has 7 heteroatoms. The van der Waals surface area contributed by atoms with Gasteiger partial charge in [0.2, 0.25) is 0 Å². The number of methoxy groups -OCH3 is 1. The lowest BCUT2D eigenvalue weighted by atomic mass is 9.89. The molecule has 2 heterocycles. The second kappa shape index (κ2) is 10.1. The topological polar surface area (TPSA) is 78.2 Å². The SMILES string of the molecule is COC(=O)C(Cc1ccc(-n2c(C)nn(CCC3CCNCC3)c2=O)cc1)C(C)C. The molecular weight excluding hydrogens is 380 g/mol. The van der Waals surface area contributed by atoms with E-state index in [4.69, 9.17) is 4.74 Å². The minimum absolute atomic E-state index is 0.0937. The largest absolute Gasteiger partial charge is 0.469 e. The average Bonchev–Trinajstić information content (AvgIpc) is 3.04. The molecule has 1 N–H and O–H groups in total. The fourth-order valence-corrected chi connectivity index (χ4v) is 4.21. The van der Waals surface area contributed by atoms with Crippen molar-refractivity contribution in [3.05, 3.63) is 46.1 Å². The molecule has 1 atom stereocenters. The monoisotopic (exact) mass is 414 g/mol. The fourth-order valence-electron chi connectivity index (χ4n) is 4.21. The predicted octanol–water partition coefficient (Wildman–Crippen LogP) is 2.72. The highest BCUT2D eigenvalue weighted by atomic mass is 16.5. The van der Waals surface area contributed by atoms with E-state index in [1.54, 1.807) is 9.25 Å². The Morgan fingerprint density at radius 2 is 1.90 bits per heavy atom. The molecule has 164 valence electrons. The molecule has 2 aromatic rings. The molecule has 7 nitrogen and oxygen atoms in total. The molecule has 1 unspecified atom stereocenters. The molecule has 0 spiro atoms. The second-order valence-corrected chi connectivity index (χ2v) is 8.61. The molecule has 0 bridgehead atoms. The lowest BCUT2D eigenvalue weighted by Crippen LogP contribution is -2.30. The first kappa shape index (κ1) is 22.3. The quantitative estimate of drug-likeness (QED) is 0.672. The molecule has 1 aliphatic rings. The van der Waals surface area contributed by atoms with E-state index in [1.165, 1.54) is 20.0 Å². The third kappa shape index (κ3) is 5.19. The molecule has 1 aliphatic heterocycles. The van der Waals surface area contributed by atoms with Crippen LogP contribution in [0.15, 0.2) is 29.1 Å². The van der Waals surface area contributed by atoms with E-state index in [9.17, 15) is 9.59 Å². The highest BCUT2D eigenvalue weighted by Gasteiger charge is 2.23. The Balaban J connectivity index is 1.72. The molecule has 1 aromatic heterocycles. The standard InChI is InChI=1S/C23H34N4O3/c1-16(2)21(22(28)30-4)15-19-5-7-20(8-6-19)27-17(3)25-26(23(27)29)14-11-18-9-12-24-13-10-18/h5-8,16,18,21,24H,9-15H2,1-4H3. The van der Waals surface area contributed by atoms with Crippen molar-refractivity contribution >= 4 is 5.97 Å². The molecule has 0 amide bonds. The van der Waals surface area contributed by atoms with Gasteiger partial charge in [-0.25, -0.2) is 14.0 Å². The fraction of sp³-hybridized carbons (Fsp3) is 0.609. The number of hydrogen-bond donors (Lipinski definition) is 1. The van der Waals surface area contributed by atoms with Gasteiger partial charge in [-0.1, -0.05) is 26.0 Å². The zero-order chi connectivity index (χ0) is 21.7. The highest BCUT2D eigenvalue weighted by molar-refractivity contribution is 5.73. The van der Waals surface area contributed by atoms with Gasteiger partial charge < -0.3 is 10.1 Å². The van der Waals surface area contributed by atoms with Gasteiger partial charge in [0.1, 0.15) is 5.82 Å². The normalized spacial score (nSPS) is 16.0. The first-order chi connectivity index (χ1) is 14.4. The predicted molar refractivity (Wildman–Crippen MR) is 117 cm³/mol. The maximum atomic E-state index is 12.9. The lowest BCUT2D eigenvalue weighted by molar-refractivity contribution is -0.146. The van der Waals surface area contributed by atoms with Crippen LogP contribution in [0.4, 0.5) is 0 Å². The number of aryl methyl sites for hydroxylation is 2. The van der Waals surface area contributed by atoms with Crippen LogP contribution in [0.3, 0.4) is 0 Å². The maximum absolute atomic E-state index is 12.9. The highest BCUT2D eigenvalue weighted by Crippen LogP contribution is 2.20.